The molecule has 0 spiro atoms. The van der Waals surface area contributed by atoms with E-state index in [1.54, 1.807) is 0 Å². The normalized spacial score (nSPS) is 23.1. The first-order valence-corrected chi connectivity index (χ1v) is 5.48. The van der Waals surface area contributed by atoms with Crippen molar-refractivity contribution in [1.82, 2.24) is 5.32 Å². The van der Waals surface area contributed by atoms with Crippen LogP contribution in [0.1, 0.15) is 24.6 Å². The maximum Gasteiger partial charge on any atom is 0.132 e. The van der Waals surface area contributed by atoms with E-state index in [4.69, 9.17) is 0 Å². The van der Waals surface area contributed by atoms with Crippen molar-refractivity contribution in [2.24, 2.45) is 5.92 Å². The van der Waals surface area contributed by atoms with Gasteiger partial charge >= 0.3 is 0 Å². The van der Waals surface area contributed by atoms with Crippen LogP contribution < -0.4 is 5.32 Å². The van der Waals surface area contributed by atoms with Crippen LogP contribution in [0.5, 0.6) is 0 Å². The van der Waals surface area contributed by atoms with Crippen LogP contribution in [0.4, 0.5) is 13.2 Å². The van der Waals surface area contributed by atoms with Gasteiger partial charge in [0.2, 0.25) is 0 Å². The van der Waals surface area contributed by atoms with E-state index < -0.39 is 17.8 Å². The molecule has 1 N–H and O–H groups in total. The Balaban J connectivity index is 2.15. The van der Waals surface area contributed by atoms with Crippen molar-refractivity contribution in [2.45, 2.75) is 19.0 Å². The SMILES string of the molecule is Fc1ccc(C(F)C2CCCNC2)c(F)c1. The smallest absolute Gasteiger partial charge is 0.132 e. The largest absolute Gasteiger partial charge is 0.316 e. The maximum atomic E-state index is 14.0. The fourth-order valence-electron chi connectivity index (χ4n) is 2.11. The van der Waals surface area contributed by atoms with Crippen LogP contribution in [-0.2, 0) is 0 Å². The highest BCUT2D eigenvalue weighted by Crippen LogP contribution is 2.32. The average molecular weight is 229 g/mol. The number of rotatable bonds is 2. The van der Waals surface area contributed by atoms with Crippen LogP contribution in [0.3, 0.4) is 0 Å². The van der Waals surface area contributed by atoms with Crippen LogP contribution in [-0.4, -0.2) is 13.1 Å². The number of nitrogens with one attached hydrogen (secondary N) is 1. The standard InChI is InChI=1S/C12H14F3N/c13-9-3-4-10(11(14)6-9)12(15)8-2-1-5-16-7-8/h3-4,6,8,12,16H,1-2,5,7H2. The van der Waals surface area contributed by atoms with Gasteiger partial charge < -0.3 is 5.32 Å². The number of halogens is 3. The third kappa shape index (κ3) is 2.38. The van der Waals surface area contributed by atoms with E-state index in [2.05, 4.69) is 5.32 Å². The number of hydrogen-bond donors (Lipinski definition) is 1. The highest BCUT2D eigenvalue weighted by molar-refractivity contribution is 5.21. The van der Waals surface area contributed by atoms with Gasteiger partial charge in [0.05, 0.1) is 0 Å². The summed E-state index contributed by atoms with van der Waals surface area (Å²) in [5.74, 6) is -1.68. The lowest BCUT2D eigenvalue weighted by Gasteiger charge is -2.26. The van der Waals surface area contributed by atoms with Gasteiger partial charge in [0, 0.05) is 24.1 Å². The summed E-state index contributed by atoms with van der Waals surface area (Å²) >= 11 is 0. The first kappa shape index (κ1) is 11.5. The number of alkyl halides is 1. The predicted octanol–water partition coefficient (Wildman–Crippen LogP) is 2.98. The molecule has 1 heterocycles. The van der Waals surface area contributed by atoms with Gasteiger partial charge in [0.15, 0.2) is 0 Å². The maximum absolute atomic E-state index is 14.0. The van der Waals surface area contributed by atoms with Crippen molar-refractivity contribution in [3.8, 4) is 0 Å². The zero-order valence-corrected chi connectivity index (χ0v) is 8.85. The van der Waals surface area contributed by atoms with Crippen molar-refractivity contribution in [1.29, 1.82) is 0 Å². The second-order valence-electron chi connectivity index (χ2n) is 4.17. The van der Waals surface area contributed by atoms with Crippen LogP contribution >= 0.6 is 0 Å². The molecule has 0 aliphatic carbocycles. The molecule has 1 nitrogen and oxygen atoms in total. The van der Waals surface area contributed by atoms with Crippen molar-refractivity contribution < 1.29 is 13.2 Å². The summed E-state index contributed by atoms with van der Waals surface area (Å²) in [5.41, 5.74) is -0.0323. The van der Waals surface area contributed by atoms with Gasteiger partial charge in [-0.25, -0.2) is 13.2 Å². The lowest BCUT2D eigenvalue weighted by molar-refractivity contribution is 0.190. The topological polar surface area (TPSA) is 12.0 Å². The van der Waals surface area contributed by atoms with E-state index in [0.29, 0.717) is 6.54 Å². The third-order valence-electron chi connectivity index (χ3n) is 3.01. The Bertz CT molecular complexity index is 361. The van der Waals surface area contributed by atoms with Crippen molar-refractivity contribution in [2.75, 3.05) is 13.1 Å². The molecule has 1 aromatic carbocycles. The molecular formula is C12H14F3N. The van der Waals surface area contributed by atoms with Gasteiger partial charge in [-0.3, -0.25) is 0 Å². The Hall–Kier alpha value is -1.03. The van der Waals surface area contributed by atoms with E-state index in [0.717, 1.165) is 31.5 Å². The molecule has 2 rings (SSSR count). The molecule has 1 aromatic rings. The molecule has 1 aliphatic rings. The highest BCUT2D eigenvalue weighted by atomic mass is 19.1. The summed E-state index contributed by atoms with van der Waals surface area (Å²) in [6.45, 7) is 1.44. The number of piperidine rings is 1. The van der Waals surface area contributed by atoms with Gasteiger partial charge in [-0.2, -0.15) is 0 Å². The molecule has 2 atom stereocenters. The number of hydrogen-bond acceptors (Lipinski definition) is 1. The zero-order chi connectivity index (χ0) is 11.5. The first-order valence-electron chi connectivity index (χ1n) is 5.48. The zero-order valence-electron chi connectivity index (χ0n) is 8.85. The summed E-state index contributed by atoms with van der Waals surface area (Å²) in [7, 11) is 0. The lowest BCUT2D eigenvalue weighted by Crippen LogP contribution is -2.32. The molecule has 16 heavy (non-hydrogen) atoms. The van der Waals surface area contributed by atoms with Crippen LogP contribution in [0.15, 0.2) is 18.2 Å². The van der Waals surface area contributed by atoms with Crippen molar-refractivity contribution in [3.05, 3.63) is 35.4 Å². The summed E-state index contributed by atoms with van der Waals surface area (Å²) < 4.78 is 40.0. The average Bonchev–Trinajstić information content (AvgIpc) is 2.29. The van der Waals surface area contributed by atoms with Gasteiger partial charge in [0.1, 0.15) is 17.8 Å². The highest BCUT2D eigenvalue weighted by Gasteiger charge is 2.26. The second kappa shape index (κ2) is 4.87. The minimum Gasteiger partial charge on any atom is -0.316 e. The molecule has 0 radical (unpaired) electrons. The Labute approximate surface area is 92.7 Å². The summed E-state index contributed by atoms with van der Waals surface area (Å²) in [5, 5.41) is 3.08. The summed E-state index contributed by atoms with van der Waals surface area (Å²) in [6, 6.07) is 3.03. The molecule has 0 aromatic heterocycles. The van der Waals surface area contributed by atoms with E-state index in [-0.39, 0.29) is 11.5 Å². The van der Waals surface area contributed by atoms with Gasteiger partial charge in [-0.05, 0) is 25.5 Å². The molecule has 4 heteroatoms. The Morgan fingerprint density at radius 1 is 1.31 bits per heavy atom. The van der Waals surface area contributed by atoms with E-state index >= 15 is 0 Å². The minimum absolute atomic E-state index is 0.0323. The molecule has 1 aliphatic heterocycles. The van der Waals surface area contributed by atoms with Crippen LogP contribution in [0.25, 0.3) is 0 Å². The molecule has 0 saturated carbocycles. The van der Waals surface area contributed by atoms with Crippen LogP contribution in [0, 0.1) is 17.6 Å². The fraction of sp³-hybridized carbons (Fsp3) is 0.500. The lowest BCUT2D eigenvalue weighted by atomic mass is 9.90. The molecule has 0 bridgehead atoms. The quantitative estimate of drug-likeness (QED) is 0.822. The van der Waals surface area contributed by atoms with E-state index in [1.165, 1.54) is 6.07 Å². The van der Waals surface area contributed by atoms with E-state index in [1.807, 2.05) is 0 Å². The predicted molar refractivity (Wildman–Crippen MR) is 55.8 cm³/mol. The Morgan fingerprint density at radius 3 is 2.75 bits per heavy atom. The Kier molecular flexibility index (Phi) is 3.49. The third-order valence-corrected chi connectivity index (χ3v) is 3.01. The molecule has 0 amide bonds. The Morgan fingerprint density at radius 2 is 2.12 bits per heavy atom. The molecule has 1 saturated heterocycles. The van der Waals surface area contributed by atoms with Gasteiger partial charge in [-0.15, -0.1) is 0 Å². The molecule has 1 fully saturated rings. The molecule has 2 unspecified atom stereocenters. The fourth-order valence-corrected chi connectivity index (χ4v) is 2.11. The number of benzene rings is 1. The molecular weight excluding hydrogens is 215 g/mol. The first-order chi connectivity index (χ1) is 7.68. The second-order valence-corrected chi connectivity index (χ2v) is 4.17. The summed E-state index contributed by atoms with van der Waals surface area (Å²) in [6.07, 6.45) is 0.284. The van der Waals surface area contributed by atoms with Gasteiger partial charge in [-0.1, -0.05) is 6.07 Å². The minimum atomic E-state index is -1.35. The van der Waals surface area contributed by atoms with Crippen molar-refractivity contribution >= 4 is 0 Å². The van der Waals surface area contributed by atoms with Crippen LogP contribution in [0.2, 0.25) is 0 Å². The van der Waals surface area contributed by atoms with E-state index in [9.17, 15) is 13.2 Å². The monoisotopic (exact) mass is 229 g/mol. The van der Waals surface area contributed by atoms with Gasteiger partial charge in [0.25, 0.3) is 0 Å². The summed E-state index contributed by atoms with van der Waals surface area (Å²) in [4.78, 5) is 0. The van der Waals surface area contributed by atoms with Crippen molar-refractivity contribution in [3.63, 3.8) is 0 Å². The molecule has 88 valence electrons.